The van der Waals surface area contributed by atoms with Crippen LogP contribution in [0.25, 0.3) is 98.2 Å². The van der Waals surface area contributed by atoms with E-state index in [0.29, 0.717) is 10.1 Å². The van der Waals surface area contributed by atoms with Crippen LogP contribution < -0.4 is 20.7 Å². The molecule has 14 aromatic rings. The van der Waals surface area contributed by atoms with Crippen LogP contribution in [-0.2, 0) is 0 Å². The highest BCUT2D eigenvalue weighted by atomic mass is 32.1. The number of benzene rings is 10. The van der Waals surface area contributed by atoms with Gasteiger partial charge in [-0.1, -0.05) is 206 Å². The van der Waals surface area contributed by atoms with Crippen LogP contribution in [0.1, 0.15) is 45.2 Å². The van der Waals surface area contributed by atoms with E-state index in [1.54, 1.807) is 24.3 Å². The van der Waals surface area contributed by atoms with Gasteiger partial charge in [0.1, 0.15) is 0 Å². The van der Waals surface area contributed by atoms with E-state index in [9.17, 15) is 24.7 Å². The minimum absolute atomic E-state index is 0.0556. The van der Waals surface area contributed by atoms with E-state index in [2.05, 4.69) is 0 Å². The molecule has 0 saturated heterocycles. The Morgan fingerprint density at radius 2 is 0.943 bits per heavy atom. The fourth-order valence-electron chi connectivity index (χ4n) is 8.93. The Hall–Kier alpha value is -8.75. The van der Waals surface area contributed by atoms with Crippen LogP contribution in [-0.4, -0.2) is 32.2 Å². The van der Waals surface area contributed by atoms with Crippen molar-refractivity contribution in [3.63, 3.8) is 0 Å². The third-order valence-electron chi connectivity index (χ3n) is 11.8. The van der Waals surface area contributed by atoms with Crippen molar-refractivity contribution in [1.82, 2.24) is 24.1 Å². The highest BCUT2D eigenvalue weighted by Crippen LogP contribution is 2.43. The van der Waals surface area contributed by atoms with Crippen molar-refractivity contribution >= 4 is 104 Å². The Labute approximate surface area is 455 Å². The van der Waals surface area contributed by atoms with Gasteiger partial charge < -0.3 is 4.57 Å². The van der Waals surface area contributed by atoms with Crippen molar-refractivity contribution in [2.75, 3.05) is 0 Å². The van der Waals surface area contributed by atoms with Crippen LogP contribution in [0.2, 0.25) is 0 Å². The van der Waals surface area contributed by atoms with E-state index in [4.69, 9.17) is 35.5 Å². The second kappa shape index (κ2) is 16.2. The summed E-state index contributed by atoms with van der Waals surface area (Å²) in [6.07, 6.45) is 0. The number of aromatic nitrogens is 5. The third kappa shape index (κ3) is 6.12. The van der Waals surface area contributed by atoms with E-state index in [1.807, 2.05) is 0 Å². The summed E-state index contributed by atoms with van der Waals surface area (Å²) in [6, 6.07) is -22.3. The predicted octanol–water partition coefficient (Wildman–Crippen LogP) is 13.1. The molecule has 10 aromatic carbocycles. The van der Waals surface area contributed by atoms with Crippen LogP contribution in [0.5, 0.6) is 0 Å². The van der Waals surface area contributed by atoms with Gasteiger partial charge in [0.15, 0.2) is 19.7 Å². The first kappa shape index (κ1) is 19.3. The van der Waals surface area contributed by atoms with Crippen molar-refractivity contribution in [2.24, 2.45) is 0 Å². The Morgan fingerprint density at radius 1 is 0.400 bits per heavy atom. The molecule has 14 rings (SSSR count). The zero-order valence-electron chi connectivity index (χ0n) is 68.3. The molecule has 0 aliphatic carbocycles. The van der Waals surface area contributed by atoms with Crippen LogP contribution in [0, 0.1) is 0 Å². The molecule has 0 atom stereocenters. The molecule has 0 unspecified atom stereocenters. The molecule has 7 heteroatoms. The topological polar surface area (TPSA) is 48.5 Å². The highest BCUT2D eigenvalue weighted by Gasteiger charge is 2.41. The van der Waals surface area contributed by atoms with E-state index < -0.39 is 279 Å². The first-order chi connectivity index (χ1) is 48.4. The maximum atomic E-state index is 10.8. The standard InChI is InChI=1S/C63H41N5SSi/c1-4-22-43(23-5-1)70(44-24-6-2-7-25-44,45-26-8-3-9-27-45)46-28-20-21-42(41-46)61-64-62(52-33-13-18-37-56(52)67-53-34-15-10-29-47(53)48-30-11-16-35-54(48)67)66-63(65-61)68-55-36-17-12-32-51(55)59-57(68)40-39-50-49-31-14-19-38-58(49)69-60(50)59/h1-41H/i1D,2D,3D,4D,5D,6D,7D,8D,9D,10D,11D,12D,15D,16D,17D,20D,21D,22D,23D,24D,25D,26D,27D,28D,29D,30D,32D,34D,35D,36D,39D,40D,41D. The molecule has 328 valence electrons. The number of thiophene rings is 1. The Kier molecular flexibility index (Phi) is 4.47. The van der Waals surface area contributed by atoms with E-state index >= 15 is 0 Å². The minimum atomic E-state index is -6.57. The molecule has 0 N–H and O–H groups in total. The lowest BCUT2D eigenvalue weighted by atomic mass is 10.1. The second-order valence-corrected chi connectivity index (χ2v) is 20.0. The first-order valence-corrected chi connectivity index (χ1v) is 23.8. The van der Waals surface area contributed by atoms with Gasteiger partial charge in [-0.3, -0.25) is 4.57 Å². The number of hydrogen-bond donors (Lipinski definition) is 0. The largest absolute Gasteiger partial charge is 0.309 e. The minimum Gasteiger partial charge on any atom is -0.309 e. The summed E-state index contributed by atoms with van der Waals surface area (Å²) >= 11 is 1.09. The lowest BCUT2D eigenvalue weighted by Crippen LogP contribution is -2.74. The van der Waals surface area contributed by atoms with Crippen LogP contribution >= 0.6 is 11.3 Å². The van der Waals surface area contributed by atoms with Gasteiger partial charge in [-0.25, -0.2) is 4.98 Å². The molecule has 5 nitrogen and oxygen atoms in total. The SMILES string of the molecule is [2H]c1c([2H])c([2H])c([Si](c2c([2H])c([2H])c([2H])c([2H])c2[2H])(c2c([2H])c([2H])c([2H])c([2H])c2[2H])c2c([2H])c([2H])c([2H])c(-c3nc(-c4ccccc4-n4c5c([2H])c([2H])c([2H])c([2H])c5c5c([2H])c([2H])c([2H])c([2H])c54)nc(-n4c5c([2H])c([2H])c([2H])c([2H])c5c5c6sc7ccccc7c6c([2H])c([2H])c54)n3)c2[2H])c([2H])c1[2H]. The van der Waals surface area contributed by atoms with Gasteiger partial charge in [0.2, 0.25) is 5.95 Å². The van der Waals surface area contributed by atoms with Crippen molar-refractivity contribution in [3.05, 3.63) is 248 Å². The molecule has 4 heterocycles. The number of nitrogens with zero attached hydrogens (tertiary/aromatic N) is 5. The summed E-state index contributed by atoms with van der Waals surface area (Å²) in [4.78, 5) is 14.6. The van der Waals surface area contributed by atoms with Gasteiger partial charge >= 0.3 is 0 Å². The molecular weight excluding hydrogens is 887 g/mol. The molecule has 4 aromatic heterocycles. The second-order valence-electron chi connectivity index (χ2n) is 15.4. The summed E-state index contributed by atoms with van der Waals surface area (Å²) in [5.74, 6) is -2.59. The summed E-state index contributed by atoms with van der Waals surface area (Å²) in [6.45, 7) is 0. The predicted molar refractivity (Wildman–Crippen MR) is 296 cm³/mol. The average Bonchev–Trinajstić information content (AvgIpc) is 0.966. The number of hydrogen-bond acceptors (Lipinski definition) is 4. The maximum absolute atomic E-state index is 10.8. The molecule has 0 saturated carbocycles. The van der Waals surface area contributed by atoms with Gasteiger partial charge in [-0.2, -0.15) is 9.97 Å². The van der Waals surface area contributed by atoms with Gasteiger partial charge in [0.25, 0.3) is 0 Å². The van der Waals surface area contributed by atoms with Crippen LogP contribution in [0.15, 0.2) is 248 Å². The average molecular weight is 961 g/mol. The third-order valence-corrected chi connectivity index (χ3v) is 17.0. The van der Waals surface area contributed by atoms with Gasteiger partial charge in [0, 0.05) is 52.8 Å². The van der Waals surface area contributed by atoms with Crippen molar-refractivity contribution in [3.8, 4) is 34.4 Å². The lowest BCUT2D eigenvalue weighted by molar-refractivity contribution is 0.952. The normalized spacial score (nSPS) is 18.6. The monoisotopic (exact) mass is 960 g/mol. The van der Waals surface area contributed by atoms with Gasteiger partial charge in [-0.05, 0) is 63.1 Å². The number of fused-ring (bicyclic) bond motifs is 10. The van der Waals surface area contributed by atoms with Gasteiger partial charge in [-0.15, -0.1) is 11.3 Å². The lowest BCUT2D eigenvalue weighted by Gasteiger charge is -2.34. The van der Waals surface area contributed by atoms with E-state index in [0.717, 1.165) is 20.5 Å². The van der Waals surface area contributed by atoms with Crippen molar-refractivity contribution in [1.29, 1.82) is 0 Å². The number of rotatable bonds is 8. The smallest absolute Gasteiger partial charge is 0.238 e. The molecule has 0 radical (unpaired) electrons. The van der Waals surface area contributed by atoms with Crippen molar-refractivity contribution < 1.29 is 45.2 Å². The fourth-order valence-corrected chi connectivity index (χ4v) is 13.7. The molecule has 0 aliphatic heterocycles. The highest BCUT2D eigenvalue weighted by molar-refractivity contribution is 7.26. The van der Waals surface area contributed by atoms with E-state index in [1.165, 1.54) is 24.3 Å². The Balaban J connectivity index is 1.25. The Morgan fingerprint density at radius 3 is 1.61 bits per heavy atom. The van der Waals surface area contributed by atoms with Gasteiger partial charge in [0.05, 0.1) is 73.0 Å². The molecule has 0 fully saturated rings. The molecule has 0 amide bonds. The molecular formula is C63H41N5SSi. The molecule has 0 bridgehead atoms. The quantitative estimate of drug-likeness (QED) is 0.113. The van der Waals surface area contributed by atoms with E-state index in [-0.39, 0.29) is 37.6 Å². The summed E-state index contributed by atoms with van der Waals surface area (Å²) in [5.41, 5.74) is -3.43. The molecule has 0 spiro atoms. The first-order valence-electron chi connectivity index (χ1n) is 37.5. The van der Waals surface area contributed by atoms with Crippen molar-refractivity contribution in [2.45, 2.75) is 0 Å². The summed E-state index contributed by atoms with van der Waals surface area (Å²) in [5, 5.41) is -5.24. The maximum Gasteiger partial charge on any atom is 0.238 e. The zero-order valence-corrected chi connectivity index (χ0v) is 37.1. The molecule has 0 aliphatic rings. The summed E-state index contributed by atoms with van der Waals surface area (Å²) < 4.78 is 313. The summed E-state index contributed by atoms with van der Waals surface area (Å²) in [7, 11) is -6.57. The van der Waals surface area contributed by atoms with Crippen LogP contribution in [0.4, 0.5) is 0 Å². The zero-order chi connectivity index (χ0) is 74.9. The Bertz CT molecular complexity index is 6000. The molecule has 70 heavy (non-hydrogen) atoms. The fraction of sp³-hybridized carbons (Fsp3) is 0. The number of para-hydroxylation sites is 4. The van der Waals surface area contributed by atoms with Crippen LogP contribution in [0.3, 0.4) is 0 Å².